The van der Waals surface area contributed by atoms with Gasteiger partial charge in [-0.15, -0.1) is 10.2 Å². The smallest absolute Gasteiger partial charge is 0.251 e. The molecule has 5 rings (SSSR count). The Morgan fingerprint density at radius 3 is 2.89 bits per heavy atom. The van der Waals surface area contributed by atoms with E-state index >= 15 is 0 Å². The Morgan fingerprint density at radius 1 is 1.11 bits per heavy atom. The number of carbonyl (C=O) groups is 1. The fourth-order valence-electron chi connectivity index (χ4n) is 3.79. The molecule has 2 aromatic carbocycles. The molecule has 1 unspecified atom stereocenters. The number of hydrogen-bond donors (Lipinski definition) is 2. The highest BCUT2D eigenvalue weighted by atomic mass is 16.1. The van der Waals surface area contributed by atoms with Gasteiger partial charge >= 0.3 is 0 Å². The lowest BCUT2D eigenvalue weighted by molar-refractivity contribution is 0.0933. The minimum Gasteiger partial charge on any atom is -0.349 e. The molecule has 1 atom stereocenters. The van der Waals surface area contributed by atoms with Crippen molar-refractivity contribution in [3.63, 3.8) is 0 Å². The Labute approximate surface area is 161 Å². The first-order valence-electron chi connectivity index (χ1n) is 9.49. The molecule has 2 N–H and O–H groups in total. The molecular weight excluding hydrogens is 352 g/mol. The summed E-state index contributed by atoms with van der Waals surface area (Å²) in [4.78, 5) is 12.7. The molecule has 1 aliphatic heterocycles. The number of hydrogen-bond acceptors (Lipinski definition) is 4. The Balaban J connectivity index is 1.31. The van der Waals surface area contributed by atoms with Gasteiger partial charge < -0.3 is 9.88 Å². The van der Waals surface area contributed by atoms with E-state index in [9.17, 15) is 4.79 Å². The lowest BCUT2D eigenvalue weighted by Gasteiger charge is -2.16. The van der Waals surface area contributed by atoms with Crippen molar-refractivity contribution in [1.29, 1.82) is 0 Å². The van der Waals surface area contributed by atoms with Crippen LogP contribution >= 0.6 is 0 Å². The van der Waals surface area contributed by atoms with Crippen molar-refractivity contribution in [2.75, 3.05) is 0 Å². The first kappa shape index (κ1) is 16.7. The number of aromatic nitrogens is 5. The van der Waals surface area contributed by atoms with E-state index in [1.54, 1.807) is 6.20 Å². The van der Waals surface area contributed by atoms with Crippen LogP contribution in [0.3, 0.4) is 0 Å². The zero-order chi connectivity index (χ0) is 18.9. The number of benzene rings is 2. The largest absolute Gasteiger partial charge is 0.349 e. The summed E-state index contributed by atoms with van der Waals surface area (Å²) in [6, 6.07) is 15.8. The summed E-state index contributed by atoms with van der Waals surface area (Å²) < 4.78 is 2.18. The second kappa shape index (κ2) is 6.92. The number of aryl methyl sites for hydroxylation is 1. The van der Waals surface area contributed by atoms with E-state index in [0.717, 1.165) is 53.9 Å². The van der Waals surface area contributed by atoms with Crippen molar-refractivity contribution in [3.05, 3.63) is 66.1 Å². The van der Waals surface area contributed by atoms with Crippen LogP contribution in [0, 0.1) is 0 Å². The van der Waals surface area contributed by atoms with Crippen LogP contribution in [-0.4, -0.2) is 36.9 Å². The number of nitrogens with zero attached hydrogens (tertiary/aromatic N) is 4. The highest BCUT2D eigenvalue weighted by Crippen LogP contribution is 2.23. The van der Waals surface area contributed by atoms with E-state index in [4.69, 9.17) is 0 Å². The van der Waals surface area contributed by atoms with E-state index in [0.29, 0.717) is 5.56 Å². The van der Waals surface area contributed by atoms with E-state index in [-0.39, 0.29) is 11.9 Å². The van der Waals surface area contributed by atoms with Gasteiger partial charge in [-0.05, 0) is 31.0 Å². The van der Waals surface area contributed by atoms with Crippen molar-refractivity contribution in [2.24, 2.45) is 0 Å². The summed E-state index contributed by atoms with van der Waals surface area (Å²) in [5.41, 5.74) is 2.65. The predicted molar refractivity (Wildman–Crippen MR) is 106 cm³/mol. The van der Waals surface area contributed by atoms with Gasteiger partial charge in [-0.1, -0.05) is 30.3 Å². The molecule has 3 heterocycles. The van der Waals surface area contributed by atoms with Gasteiger partial charge in [0.15, 0.2) is 5.82 Å². The second-order valence-corrected chi connectivity index (χ2v) is 7.13. The highest BCUT2D eigenvalue weighted by molar-refractivity contribution is 5.98. The van der Waals surface area contributed by atoms with Crippen LogP contribution in [0.5, 0.6) is 0 Å². The fraction of sp³-hybridized carbons (Fsp3) is 0.238. The molecule has 28 heavy (non-hydrogen) atoms. The standard InChI is InChI=1S/C21H20N6O/c28-21(15-6-8-18-16(12-15)13-22-24-18)23-17-7-9-19-25-26-20(27(19)11-10-17)14-4-2-1-3-5-14/h1-6,8,12-13,17H,7,9-11H2,(H,22,24)(H,23,28). The van der Waals surface area contributed by atoms with Gasteiger partial charge in [0.2, 0.25) is 0 Å². The monoisotopic (exact) mass is 372 g/mol. The highest BCUT2D eigenvalue weighted by Gasteiger charge is 2.22. The van der Waals surface area contributed by atoms with Crippen LogP contribution in [0.4, 0.5) is 0 Å². The van der Waals surface area contributed by atoms with Crippen molar-refractivity contribution in [1.82, 2.24) is 30.3 Å². The Bertz CT molecular complexity index is 1130. The lowest BCUT2D eigenvalue weighted by atomic mass is 10.1. The molecule has 4 aromatic rings. The third-order valence-electron chi connectivity index (χ3n) is 5.31. The maximum absolute atomic E-state index is 12.7. The van der Waals surface area contributed by atoms with Crippen molar-refractivity contribution >= 4 is 16.8 Å². The van der Waals surface area contributed by atoms with E-state index < -0.39 is 0 Å². The first-order chi connectivity index (χ1) is 13.8. The van der Waals surface area contributed by atoms with Crippen LogP contribution in [0.15, 0.2) is 54.7 Å². The van der Waals surface area contributed by atoms with Gasteiger partial charge in [0.1, 0.15) is 5.82 Å². The number of fused-ring (bicyclic) bond motifs is 2. The summed E-state index contributed by atoms with van der Waals surface area (Å²) in [6.07, 6.45) is 4.23. The number of H-pyrrole nitrogens is 1. The molecular formula is C21H20N6O. The molecule has 7 nitrogen and oxygen atoms in total. The lowest BCUT2D eigenvalue weighted by Crippen LogP contribution is -2.35. The zero-order valence-electron chi connectivity index (χ0n) is 15.3. The van der Waals surface area contributed by atoms with Gasteiger partial charge in [-0.3, -0.25) is 9.89 Å². The van der Waals surface area contributed by atoms with Crippen molar-refractivity contribution in [3.8, 4) is 11.4 Å². The van der Waals surface area contributed by atoms with Gasteiger partial charge in [0, 0.05) is 35.5 Å². The van der Waals surface area contributed by atoms with Crippen LogP contribution in [0.2, 0.25) is 0 Å². The quantitative estimate of drug-likeness (QED) is 0.579. The van der Waals surface area contributed by atoms with E-state index in [1.165, 1.54) is 0 Å². The van der Waals surface area contributed by atoms with Crippen molar-refractivity contribution < 1.29 is 4.79 Å². The SMILES string of the molecule is O=C(NC1CCc2nnc(-c3ccccc3)n2CC1)c1ccc2[nH]ncc2c1. The summed E-state index contributed by atoms with van der Waals surface area (Å²) in [7, 11) is 0. The second-order valence-electron chi connectivity index (χ2n) is 7.13. The molecule has 7 heteroatoms. The molecule has 1 amide bonds. The number of nitrogens with one attached hydrogen (secondary N) is 2. The Kier molecular flexibility index (Phi) is 4.12. The zero-order valence-corrected chi connectivity index (χ0v) is 15.3. The maximum atomic E-state index is 12.7. The van der Waals surface area contributed by atoms with Crippen molar-refractivity contribution in [2.45, 2.75) is 31.8 Å². The first-order valence-corrected chi connectivity index (χ1v) is 9.49. The summed E-state index contributed by atoms with van der Waals surface area (Å²) in [5.74, 6) is 1.83. The molecule has 0 spiro atoms. The normalized spacial score (nSPS) is 16.5. The number of amides is 1. The van der Waals surface area contributed by atoms with E-state index in [1.807, 2.05) is 48.5 Å². The van der Waals surface area contributed by atoms with Gasteiger partial charge in [-0.25, -0.2) is 0 Å². The average molecular weight is 372 g/mol. The molecule has 2 aromatic heterocycles. The minimum absolute atomic E-state index is 0.0472. The van der Waals surface area contributed by atoms with Gasteiger partial charge in [0.05, 0.1) is 11.7 Å². The molecule has 0 saturated heterocycles. The van der Waals surface area contributed by atoms with Crippen LogP contribution < -0.4 is 5.32 Å². The molecule has 0 aliphatic carbocycles. The molecule has 0 fully saturated rings. The average Bonchev–Trinajstić information content (AvgIpc) is 3.32. The maximum Gasteiger partial charge on any atom is 0.251 e. The Hall–Kier alpha value is -3.48. The van der Waals surface area contributed by atoms with Crippen LogP contribution in [-0.2, 0) is 13.0 Å². The molecule has 140 valence electrons. The number of rotatable bonds is 3. The summed E-state index contributed by atoms with van der Waals surface area (Å²) in [6.45, 7) is 0.790. The van der Waals surface area contributed by atoms with Crippen LogP contribution in [0.25, 0.3) is 22.3 Å². The van der Waals surface area contributed by atoms with Gasteiger partial charge in [0.25, 0.3) is 5.91 Å². The molecule has 1 aliphatic rings. The molecule has 0 radical (unpaired) electrons. The summed E-state index contributed by atoms with van der Waals surface area (Å²) in [5, 5.41) is 19.8. The van der Waals surface area contributed by atoms with Crippen LogP contribution in [0.1, 0.15) is 29.0 Å². The topological polar surface area (TPSA) is 88.5 Å². The van der Waals surface area contributed by atoms with Gasteiger partial charge in [-0.2, -0.15) is 5.10 Å². The predicted octanol–water partition coefficient (Wildman–Crippen LogP) is 2.96. The minimum atomic E-state index is -0.0472. The number of carbonyl (C=O) groups excluding carboxylic acids is 1. The molecule has 0 bridgehead atoms. The Morgan fingerprint density at radius 2 is 2.00 bits per heavy atom. The third kappa shape index (κ3) is 3.05. The molecule has 0 saturated carbocycles. The van der Waals surface area contributed by atoms with E-state index in [2.05, 4.69) is 30.3 Å². The fourth-order valence-corrected chi connectivity index (χ4v) is 3.79. The summed E-state index contributed by atoms with van der Waals surface area (Å²) >= 11 is 0. The third-order valence-corrected chi connectivity index (χ3v) is 5.31. The number of aromatic amines is 1.